The van der Waals surface area contributed by atoms with E-state index in [0.29, 0.717) is 17.3 Å². The monoisotopic (exact) mass is 406 g/mol. The lowest BCUT2D eigenvalue weighted by molar-refractivity contribution is -0.117. The van der Waals surface area contributed by atoms with Gasteiger partial charge in [-0.2, -0.15) is 0 Å². The number of rotatable bonds is 5. The molecule has 1 aromatic carbocycles. The molecular weight excluding hydrogens is 392 g/mol. The van der Waals surface area contributed by atoms with Crippen LogP contribution in [0.5, 0.6) is 0 Å². The van der Waals surface area contributed by atoms with Crippen molar-refractivity contribution in [2.45, 2.75) is 6.54 Å². The fraction of sp³-hybridized carbons (Fsp3) is 0.176. The van der Waals surface area contributed by atoms with Gasteiger partial charge < -0.3 is 9.72 Å². The molecule has 0 bridgehead atoms. The smallest absolute Gasteiger partial charge is 0.238 e. The van der Waals surface area contributed by atoms with Gasteiger partial charge in [0.2, 0.25) is 5.91 Å². The van der Waals surface area contributed by atoms with Gasteiger partial charge in [0, 0.05) is 23.4 Å². The van der Waals surface area contributed by atoms with E-state index >= 15 is 0 Å². The van der Waals surface area contributed by atoms with Crippen molar-refractivity contribution < 1.29 is 4.79 Å². The maximum Gasteiger partial charge on any atom is 0.238 e. The second-order valence-corrected chi connectivity index (χ2v) is 6.87. The minimum atomic E-state index is -0.114. The van der Waals surface area contributed by atoms with Crippen LogP contribution in [0.1, 0.15) is 5.69 Å². The molecule has 3 aromatic rings. The summed E-state index contributed by atoms with van der Waals surface area (Å²) in [6.45, 7) is 0.831. The molecule has 24 heavy (non-hydrogen) atoms. The van der Waals surface area contributed by atoms with Crippen LogP contribution in [0.3, 0.4) is 0 Å². The Bertz CT molecular complexity index is 880. The Balaban J connectivity index is 1.61. The van der Waals surface area contributed by atoms with Gasteiger partial charge in [0.05, 0.1) is 22.9 Å². The number of likely N-dealkylation sites (N-methyl/N-ethyl adjacent to an activating group) is 1. The van der Waals surface area contributed by atoms with Crippen LogP contribution >= 0.6 is 27.5 Å². The zero-order valence-electron chi connectivity index (χ0n) is 13.0. The van der Waals surface area contributed by atoms with Crippen molar-refractivity contribution in [1.82, 2.24) is 14.3 Å². The molecule has 124 valence electrons. The van der Waals surface area contributed by atoms with Gasteiger partial charge in [-0.3, -0.25) is 9.69 Å². The Morgan fingerprint density at radius 3 is 2.88 bits per heavy atom. The lowest BCUT2D eigenvalue weighted by atomic mass is 10.3. The highest BCUT2D eigenvalue weighted by Gasteiger charge is 2.11. The molecule has 2 aromatic heterocycles. The number of para-hydroxylation sites is 1. The molecule has 1 N–H and O–H groups in total. The standard InChI is InChI=1S/C17H16BrClN4O/c1-22(11-17(24)21-15-5-3-2-4-14(15)19)9-13-10-23-8-12(18)6-7-16(23)20-13/h2-8,10H,9,11H2,1H3,(H,21,24). The van der Waals surface area contributed by atoms with E-state index in [0.717, 1.165) is 15.8 Å². The third kappa shape index (κ3) is 4.14. The predicted molar refractivity (Wildman–Crippen MR) is 99.3 cm³/mol. The van der Waals surface area contributed by atoms with E-state index in [-0.39, 0.29) is 12.5 Å². The van der Waals surface area contributed by atoms with E-state index in [9.17, 15) is 4.79 Å². The molecule has 0 aliphatic heterocycles. The summed E-state index contributed by atoms with van der Waals surface area (Å²) in [6.07, 6.45) is 3.92. The van der Waals surface area contributed by atoms with Crippen LogP contribution in [0.15, 0.2) is 53.3 Å². The molecule has 0 atom stereocenters. The maximum absolute atomic E-state index is 12.1. The van der Waals surface area contributed by atoms with Crippen molar-refractivity contribution in [2.24, 2.45) is 0 Å². The molecular formula is C17H16BrClN4O. The second-order valence-electron chi connectivity index (χ2n) is 5.55. The summed E-state index contributed by atoms with van der Waals surface area (Å²) < 4.78 is 2.95. The van der Waals surface area contributed by atoms with Gasteiger partial charge in [0.15, 0.2) is 0 Å². The summed E-state index contributed by atoms with van der Waals surface area (Å²) in [5.41, 5.74) is 2.40. The van der Waals surface area contributed by atoms with Gasteiger partial charge in [-0.05, 0) is 47.2 Å². The zero-order valence-corrected chi connectivity index (χ0v) is 15.4. The number of nitrogens with zero attached hydrogens (tertiary/aromatic N) is 3. The zero-order chi connectivity index (χ0) is 17.1. The van der Waals surface area contributed by atoms with E-state index in [2.05, 4.69) is 26.2 Å². The molecule has 7 heteroatoms. The molecule has 5 nitrogen and oxygen atoms in total. The van der Waals surface area contributed by atoms with E-state index in [1.807, 2.05) is 53.0 Å². The number of amides is 1. The Morgan fingerprint density at radius 1 is 1.29 bits per heavy atom. The van der Waals surface area contributed by atoms with Crippen molar-refractivity contribution in [1.29, 1.82) is 0 Å². The number of hydrogen-bond donors (Lipinski definition) is 1. The average molecular weight is 408 g/mol. The van der Waals surface area contributed by atoms with Gasteiger partial charge in [-0.25, -0.2) is 4.98 Å². The normalized spacial score (nSPS) is 11.2. The first-order valence-corrected chi connectivity index (χ1v) is 8.54. The number of halogens is 2. The highest BCUT2D eigenvalue weighted by atomic mass is 79.9. The number of carbonyl (C=O) groups excluding carboxylic acids is 1. The van der Waals surface area contributed by atoms with Crippen molar-refractivity contribution in [3.63, 3.8) is 0 Å². The Hall–Kier alpha value is -1.89. The van der Waals surface area contributed by atoms with E-state index in [1.54, 1.807) is 12.1 Å². The molecule has 3 rings (SSSR count). The average Bonchev–Trinajstić information content (AvgIpc) is 2.90. The van der Waals surface area contributed by atoms with Crippen LogP contribution in [-0.4, -0.2) is 33.8 Å². The molecule has 2 heterocycles. The molecule has 1 amide bonds. The molecule has 0 saturated heterocycles. The summed E-state index contributed by atoms with van der Waals surface area (Å²) in [4.78, 5) is 18.6. The highest BCUT2D eigenvalue weighted by Crippen LogP contribution is 2.20. The number of imidazole rings is 1. The highest BCUT2D eigenvalue weighted by molar-refractivity contribution is 9.10. The summed E-state index contributed by atoms with van der Waals surface area (Å²) in [5, 5.41) is 3.34. The quantitative estimate of drug-likeness (QED) is 0.699. The third-order valence-electron chi connectivity index (χ3n) is 3.46. The molecule has 0 unspecified atom stereocenters. The van der Waals surface area contributed by atoms with Gasteiger partial charge in [0.25, 0.3) is 0 Å². The largest absolute Gasteiger partial charge is 0.324 e. The van der Waals surface area contributed by atoms with E-state index in [1.165, 1.54) is 0 Å². The molecule has 0 saturated carbocycles. The van der Waals surface area contributed by atoms with Gasteiger partial charge in [0.1, 0.15) is 5.65 Å². The lowest BCUT2D eigenvalue weighted by Crippen LogP contribution is -2.30. The Morgan fingerprint density at radius 2 is 2.08 bits per heavy atom. The first kappa shape index (κ1) is 17.0. The first-order chi connectivity index (χ1) is 11.5. The summed E-state index contributed by atoms with van der Waals surface area (Å²) >= 11 is 9.49. The van der Waals surface area contributed by atoms with Crippen LogP contribution in [0, 0.1) is 0 Å². The number of anilines is 1. The van der Waals surface area contributed by atoms with Crippen molar-refractivity contribution in [2.75, 3.05) is 18.9 Å². The van der Waals surface area contributed by atoms with Crippen LogP contribution in [0.2, 0.25) is 5.02 Å². The molecule has 0 spiro atoms. The summed E-state index contributed by atoms with van der Waals surface area (Å²) in [5.74, 6) is -0.114. The summed E-state index contributed by atoms with van der Waals surface area (Å²) in [7, 11) is 1.88. The number of pyridine rings is 1. The number of benzene rings is 1. The minimum absolute atomic E-state index is 0.114. The third-order valence-corrected chi connectivity index (χ3v) is 4.26. The maximum atomic E-state index is 12.1. The topological polar surface area (TPSA) is 49.6 Å². The predicted octanol–water partition coefficient (Wildman–Crippen LogP) is 3.82. The van der Waals surface area contributed by atoms with Crippen molar-refractivity contribution in [3.8, 4) is 0 Å². The van der Waals surface area contributed by atoms with Gasteiger partial charge in [-0.1, -0.05) is 23.7 Å². The molecule has 0 fully saturated rings. The Kier molecular flexibility index (Phi) is 5.18. The number of aromatic nitrogens is 2. The minimum Gasteiger partial charge on any atom is -0.324 e. The number of fused-ring (bicyclic) bond motifs is 1. The van der Waals surface area contributed by atoms with Crippen LogP contribution in [0.4, 0.5) is 5.69 Å². The van der Waals surface area contributed by atoms with Gasteiger partial charge in [-0.15, -0.1) is 0 Å². The molecule has 0 aliphatic carbocycles. The fourth-order valence-corrected chi connectivity index (χ4v) is 2.96. The van der Waals surface area contributed by atoms with E-state index in [4.69, 9.17) is 11.6 Å². The van der Waals surface area contributed by atoms with Crippen molar-refractivity contribution in [3.05, 3.63) is 64.0 Å². The second kappa shape index (κ2) is 7.34. The number of carbonyl (C=O) groups is 1. The first-order valence-electron chi connectivity index (χ1n) is 7.37. The van der Waals surface area contributed by atoms with Gasteiger partial charge >= 0.3 is 0 Å². The summed E-state index contributed by atoms with van der Waals surface area (Å²) in [6, 6.07) is 11.1. The van der Waals surface area contributed by atoms with E-state index < -0.39 is 0 Å². The molecule has 0 aliphatic rings. The van der Waals surface area contributed by atoms with Crippen LogP contribution in [-0.2, 0) is 11.3 Å². The van der Waals surface area contributed by atoms with Crippen molar-refractivity contribution >= 4 is 44.8 Å². The van der Waals surface area contributed by atoms with Crippen LogP contribution in [0.25, 0.3) is 5.65 Å². The number of hydrogen-bond acceptors (Lipinski definition) is 3. The fourth-order valence-electron chi connectivity index (χ4n) is 2.42. The Labute approximate surface area is 153 Å². The SMILES string of the molecule is CN(CC(=O)Nc1ccccc1Cl)Cc1cn2cc(Br)ccc2n1. The molecule has 0 radical (unpaired) electrons. The lowest BCUT2D eigenvalue weighted by Gasteiger charge is -2.15. The van der Waals surface area contributed by atoms with Crippen LogP contribution < -0.4 is 5.32 Å². The number of nitrogens with one attached hydrogen (secondary N) is 1.